The van der Waals surface area contributed by atoms with Gasteiger partial charge in [-0.15, -0.1) is 17.0 Å². The third-order valence-corrected chi connectivity index (χ3v) is 2.53. The third-order valence-electron chi connectivity index (χ3n) is 2.53. The molecule has 4 nitrogen and oxygen atoms in total. The van der Waals surface area contributed by atoms with Gasteiger partial charge in [0.1, 0.15) is 0 Å². The van der Waals surface area contributed by atoms with Crippen molar-refractivity contribution in [3.63, 3.8) is 0 Å². The standard InChI is InChI=1S/C10H22N4.BrH/c11-14-10-12-8-6-4-2-1-3-5-7-9-13-10;/h1-9,11H2,(H2,12,13,14);1H. The van der Waals surface area contributed by atoms with E-state index in [4.69, 9.17) is 5.84 Å². The van der Waals surface area contributed by atoms with Crippen LogP contribution in [0, 0.1) is 0 Å². The molecule has 4 N–H and O–H groups in total. The molecule has 15 heavy (non-hydrogen) atoms. The van der Waals surface area contributed by atoms with Gasteiger partial charge in [0.2, 0.25) is 5.96 Å². The molecule has 5 heteroatoms. The smallest absolute Gasteiger partial charge is 0.205 e. The summed E-state index contributed by atoms with van der Waals surface area (Å²) in [5.41, 5.74) is 2.59. The molecule has 0 fully saturated rings. The highest BCUT2D eigenvalue weighted by atomic mass is 79.9. The summed E-state index contributed by atoms with van der Waals surface area (Å²) in [7, 11) is 0. The van der Waals surface area contributed by atoms with Crippen LogP contribution in [-0.4, -0.2) is 19.0 Å². The lowest BCUT2D eigenvalue weighted by Crippen LogP contribution is -2.42. The maximum Gasteiger partial charge on any atom is 0.205 e. The maximum atomic E-state index is 5.34. The molecule has 1 rings (SSSR count). The number of rotatable bonds is 0. The van der Waals surface area contributed by atoms with Crippen LogP contribution in [0.4, 0.5) is 0 Å². The summed E-state index contributed by atoms with van der Waals surface area (Å²) in [5, 5.41) is 3.20. The maximum absolute atomic E-state index is 5.34. The number of hydrogen-bond acceptors (Lipinski definition) is 4. The van der Waals surface area contributed by atoms with Crippen LogP contribution in [0.5, 0.6) is 0 Å². The predicted molar refractivity (Wildman–Crippen MR) is 70.3 cm³/mol. The lowest BCUT2D eigenvalue weighted by Gasteiger charge is -2.10. The highest BCUT2D eigenvalue weighted by molar-refractivity contribution is 8.93. The molecule has 0 saturated heterocycles. The molecule has 0 bridgehead atoms. The van der Waals surface area contributed by atoms with Gasteiger partial charge >= 0.3 is 0 Å². The van der Waals surface area contributed by atoms with Gasteiger partial charge in [0.05, 0.1) is 0 Å². The minimum absolute atomic E-state index is 0. The van der Waals surface area contributed by atoms with E-state index in [0.717, 1.165) is 19.0 Å². The van der Waals surface area contributed by atoms with Crippen molar-refractivity contribution in [2.45, 2.75) is 44.9 Å². The van der Waals surface area contributed by atoms with Gasteiger partial charge in [0.25, 0.3) is 0 Å². The third kappa shape index (κ3) is 7.62. The predicted octanol–water partition coefficient (Wildman–Crippen LogP) is 1.72. The van der Waals surface area contributed by atoms with Crippen LogP contribution in [0.25, 0.3) is 0 Å². The molecule has 0 aromatic carbocycles. The molecular weight excluding hydrogens is 256 g/mol. The van der Waals surface area contributed by atoms with Crippen LogP contribution >= 0.6 is 17.0 Å². The van der Waals surface area contributed by atoms with Gasteiger partial charge in [-0.1, -0.05) is 32.1 Å². The van der Waals surface area contributed by atoms with Gasteiger partial charge < -0.3 is 5.32 Å². The zero-order valence-corrected chi connectivity index (χ0v) is 11.0. The van der Waals surface area contributed by atoms with Crippen LogP contribution in [0.2, 0.25) is 0 Å². The fourth-order valence-electron chi connectivity index (χ4n) is 1.67. The number of hydrogen-bond donors (Lipinski definition) is 3. The Kier molecular flexibility index (Phi) is 10.0. The van der Waals surface area contributed by atoms with E-state index >= 15 is 0 Å². The average molecular weight is 279 g/mol. The summed E-state index contributed by atoms with van der Waals surface area (Å²) in [6.07, 6.45) is 9.09. The molecule has 0 unspecified atom stereocenters. The number of aliphatic imine (C=N–C) groups is 1. The second kappa shape index (κ2) is 10.2. The summed E-state index contributed by atoms with van der Waals surface area (Å²) in [6, 6.07) is 0. The zero-order chi connectivity index (χ0) is 10.1. The van der Waals surface area contributed by atoms with Crippen molar-refractivity contribution in [2.75, 3.05) is 13.1 Å². The molecule has 1 aliphatic rings. The van der Waals surface area contributed by atoms with Crippen molar-refractivity contribution < 1.29 is 0 Å². The number of halogens is 1. The van der Waals surface area contributed by atoms with E-state index < -0.39 is 0 Å². The second-order valence-electron chi connectivity index (χ2n) is 3.78. The van der Waals surface area contributed by atoms with E-state index in [1.807, 2.05) is 0 Å². The molecule has 0 aromatic heterocycles. The van der Waals surface area contributed by atoms with Gasteiger partial charge in [-0.05, 0) is 12.8 Å². The van der Waals surface area contributed by atoms with Crippen molar-refractivity contribution in [1.82, 2.24) is 10.7 Å². The highest BCUT2D eigenvalue weighted by Gasteiger charge is 1.97. The van der Waals surface area contributed by atoms with E-state index in [2.05, 4.69) is 15.7 Å². The lowest BCUT2D eigenvalue weighted by atomic mass is 10.1. The van der Waals surface area contributed by atoms with Crippen molar-refractivity contribution in [3.8, 4) is 0 Å². The first-order chi connectivity index (χ1) is 6.93. The normalized spacial score (nSPS) is 19.7. The molecule has 0 spiro atoms. The first-order valence-corrected chi connectivity index (χ1v) is 5.68. The first-order valence-electron chi connectivity index (χ1n) is 5.68. The minimum atomic E-state index is 0. The molecule has 0 atom stereocenters. The van der Waals surface area contributed by atoms with Crippen molar-refractivity contribution in [3.05, 3.63) is 0 Å². The molecule has 0 saturated carbocycles. The Labute approximate surface area is 103 Å². The largest absolute Gasteiger partial charge is 0.355 e. The highest BCUT2D eigenvalue weighted by Crippen LogP contribution is 2.07. The lowest BCUT2D eigenvalue weighted by molar-refractivity contribution is 0.570. The number of nitrogens with two attached hydrogens (primary N) is 1. The number of nitrogens with zero attached hydrogens (tertiary/aromatic N) is 1. The van der Waals surface area contributed by atoms with E-state index in [1.165, 1.54) is 44.9 Å². The first kappa shape index (κ1) is 14.7. The monoisotopic (exact) mass is 278 g/mol. The SMILES string of the molecule is Br.NNC1=NCCCCCCCCCN1. The molecule has 1 heterocycles. The summed E-state index contributed by atoms with van der Waals surface area (Å²) in [4.78, 5) is 4.35. The molecular formula is C10H23BrN4. The number of nitrogens with one attached hydrogen (secondary N) is 2. The Bertz CT molecular complexity index is 173. The van der Waals surface area contributed by atoms with E-state index in [-0.39, 0.29) is 17.0 Å². The summed E-state index contributed by atoms with van der Waals surface area (Å²) < 4.78 is 0. The molecule has 0 amide bonds. The van der Waals surface area contributed by atoms with Crippen LogP contribution < -0.4 is 16.6 Å². The van der Waals surface area contributed by atoms with Crippen molar-refractivity contribution in [2.24, 2.45) is 10.8 Å². The van der Waals surface area contributed by atoms with Crippen LogP contribution in [-0.2, 0) is 0 Å². The molecule has 0 aromatic rings. The summed E-state index contributed by atoms with van der Waals surface area (Å²) in [5.74, 6) is 6.08. The van der Waals surface area contributed by atoms with Gasteiger partial charge in [0, 0.05) is 13.1 Å². The van der Waals surface area contributed by atoms with E-state index in [9.17, 15) is 0 Å². The van der Waals surface area contributed by atoms with Crippen LogP contribution in [0.3, 0.4) is 0 Å². The summed E-state index contributed by atoms with van der Waals surface area (Å²) in [6.45, 7) is 1.86. The number of guanidine groups is 1. The molecule has 90 valence electrons. The quantitative estimate of drug-likeness (QED) is 0.467. The van der Waals surface area contributed by atoms with Gasteiger partial charge in [-0.25, -0.2) is 5.84 Å². The Hall–Kier alpha value is -0.290. The average Bonchev–Trinajstić information content (AvgIpc) is 2.19. The van der Waals surface area contributed by atoms with Crippen molar-refractivity contribution >= 4 is 22.9 Å². The Morgan fingerprint density at radius 3 is 2.27 bits per heavy atom. The van der Waals surface area contributed by atoms with Crippen molar-refractivity contribution in [1.29, 1.82) is 0 Å². The zero-order valence-electron chi connectivity index (χ0n) is 9.30. The Morgan fingerprint density at radius 2 is 1.60 bits per heavy atom. The second-order valence-corrected chi connectivity index (χ2v) is 3.78. The van der Waals surface area contributed by atoms with Crippen LogP contribution in [0.1, 0.15) is 44.9 Å². The Balaban J connectivity index is 0.00000196. The minimum Gasteiger partial charge on any atom is -0.355 e. The van der Waals surface area contributed by atoms with E-state index in [1.54, 1.807) is 0 Å². The molecule has 0 aliphatic carbocycles. The van der Waals surface area contributed by atoms with E-state index in [0.29, 0.717) is 0 Å². The molecule has 1 aliphatic heterocycles. The fourth-order valence-corrected chi connectivity index (χ4v) is 1.67. The van der Waals surface area contributed by atoms with Gasteiger partial charge in [-0.2, -0.15) is 0 Å². The summed E-state index contributed by atoms with van der Waals surface area (Å²) >= 11 is 0. The van der Waals surface area contributed by atoms with Crippen LogP contribution in [0.15, 0.2) is 4.99 Å². The van der Waals surface area contributed by atoms with Gasteiger partial charge in [-0.3, -0.25) is 10.4 Å². The topological polar surface area (TPSA) is 62.4 Å². The Morgan fingerprint density at radius 1 is 1.00 bits per heavy atom. The molecule has 0 radical (unpaired) electrons. The fraction of sp³-hybridized carbons (Fsp3) is 0.900. The number of hydrazine groups is 1. The van der Waals surface area contributed by atoms with Gasteiger partial charge in [0.15, 0.2) is 0 Å².